The Balaban J connectivity index is 2.97. The van der Waals surface area contributed by atoms with Crippen LogP contribution in [-0.2, 0) is 18.3 Å². The predicted molar refractivity (Wildman–Crippen MR) is 47.1 cm³/mol. The summed E-state index contributed by atoms with van der Waals surface area (Å²) in [5.41, 5.74) is 1.54. The smallest absolute Gasteiger partial charge is 0.382 e. The molecule has 0 aliphatic rings. The van der Waals surface area contributed by atoms with Crippen molar-refractivity contribution in [2.24, 2.45) is 7.05 Å². The van der Waals surface area contributed by atoms with Crippen molar-refractivity contribution >= 4 is 5.97 Å². The standard InChI is InChI=1S/C9H10N2O2/c1-3-7-6-8(11(2)10-7)4-5-9(12)13/h6H,3H2,1-2H3,(H,12,13). The molecule has 0 spiro atoms. The fourth-order valence-corrected chi connectivity index (χ4v) is 0.934. The number of aliphatic carboxylic acids is 1. The maximum atomic E-state index is 10.2. The summed E-state index contributed by atoms with van der Waals surface area (Å²) in [5.74, 6) is 3.44. The Morgan fingerprint density at radius 2 is 2.46 bits per heavy atom. The Hall–Kier alpha value is -1.76. The number of nitrogens with zero attached hydrogens (tertiary/aromatic N) is 2. The highest BCUT2D eigenvalue weighted by molar-refractivity contribution is 5.87. The number of carbonyl (C=O) groups is 1. The first-order valence-corrected chi connectivity index (χ1v) is 3.91. The summed E-state index contributed by atoms with van der Waals surface area (Å²) in [6.45, 7) is 1.98. The van der Waals surface area contributed by atoms with Gasteiger partial charge in [-0.2, -0.15) is 5.10 Å². The largest absolute Gasteiger partial charge is 0.472 e. The molecule has 1 aromatic heterocycles. The van der Waals surface area contributed by atoms with Crippen LogP contribution in [-0.4, -0.2) is 20.9 Å². The summed E-state index contributed by atoms with van der Waals surface area (Å²) in [4.78, 5) is 10.2. The van der Waals surface area contributed by atoms with E-state index in [2.05, 4.69) is 11.0 Å². The van der Waals surface area contributed by atoms with Crippen LogP contribution in [0.3, 0.4) is 0 Å². The number of aryl methyl sites for hydroxylation is 2. The highest BCUT2D eigenvalue weighted by Gasteiger charge is 1.99. The van der Waals surface area contributed by atoms with Crippen LogP contribution < -0.4 is 0 Å². The van der Waals surface area contributed by atoms with Crippen molar-refractivity contribution in [1.82, 2.24) is 9.78 Å². The molecular weight excluding hydrogens is 168 g/mol. The van der Waals surface area contributed by atoms with Gasteiger partial charge in [0.2, 0.25) is 0 Å². The van der Waals surface area contributed by atoms with Crippen molar-refractivity contribution in [2.75, 3.05) is 0 Å². The van der Waals surface area contributed by atoms with Gasteiger partial charge in [0.05, 0.1) is 5.69 Å². The molecule has 0 unspecified atom stereocenters. The van der Waals surface area contributed by atoms with Crippen molar-refractivity contribution in [3.63, 3.8) is 0 Å². The van der Waals surface area contributed by atoms with Gasteiger partial charge in [0.15, 0.2) is 0 Å². The molecule has 0 atom stereocenters. The SMILES string of the molecule is CCc1cc(C#CC(=O)O)n(C)n1. The number of hydrogen-bond donors (Lipinski definition) is 1. The number of hydrogen-bond acceptors (Lipinski definition) is 2. The van der Waals surface area contributed by atoms with Gasteiger partial charge in [-0.25, -0.2) is 4.79 Å². The van der Waals surface area contributed by atoms with Crippen LogP contribution in [0.25, 0.3) is 0 Å². The van der Waals surface area contributed by atoms with Gasteiger partial charge in [-0.05, 0) is 18.4 Å². The van der Waals surface area contributed by atoms with E-state index in [1.54, 1.807) is 17.8 Å². The second-order valence-electron chi connectivity index (χ2n) is 2.55. The van der Waals surface area contributed by atoms with Crippen molar-refractivity contribution < 1.29 is 9.90 Å². The fourth-order valence-electron chi connectivity index (χ4n) is 0.934. The van der Waals surface area contributed by atoms with Gasteiger partial charge < -0.3 is 5.11 Å². The lowest BCUT2D eigenvalue weighted by Crippen LogP contribution is -1.95. The van der Waals surface area contributed by atoms with Gasteiger partial charge in [0.1, 0.15) is 5.69 Å². The van der Waals surface area contributed by atoms with E-state index in [4.69, 9.17) is 5.11 Å². The third kappa shape index (κ3) is 2.34. The zero-order valence-corrected chi connectivity index (χ0v) is 7.53. The van der Waals surface area contributed by atoms with E-state index < -0.39 is 5.97 Å². The molecule has 0 fully saturated rings. The van der Waals surface area contributed by atoms with Crippen molar-refractivity contribution in [3.8, 4) is 11.8 Å². The Kier molecular flexibility index (Phi) is 2.70. The molecule has 1 aromatic rings. The lowest BCUT2D eigenvalue weighted by Gasteiger charge is -1.88. The summed E-state index contributed by atoms with van der Waals surface area (Å²) >= 11 is 0. The zero-order valence-electron chi connectivity index (χ0n) is 7.53. The molecule has 1 heterocycles. The summed E-state index contributed by atoms with van der Waals surface area (Å²) in [7, 11) is 1.74. The van der Waals surface area contributed by atoms with E-state index in [0.29, 0.717) is 5.69 Å². The topological polar surface area (TPSA) is 55.1 Å². The second kappa shape index (κ2) is 3.76. The average molecular weight is 178 g/mol. The van der Waals surface area contributed by atoms with Crippen LogP contribution in [0.15, 0.2) is 6.07 Å². The summed E-state index contributed by atoms with van der Waals surface area (Å²) < 4.78 is 1.58. The Bertz CT molecular complexity index is 382. The van der Waals surface area contributed by atoms with Gasteiger partial charge in [-0.15, -0.1) is 0 Å². The summed E-state index contributed by atoms with van der Waals surface area (Å²) in [6.07, 6.45) is 0.822. The minimum atomic E-state index is -1.13. The molecule has 68 valence electrons. The normalized spacial score (nSPS) is 9.08. The minimum Gasteiger partial charge on any atom is -0.472 e. The number of carboxylic acid groups (broad SMARTS) is 1. The van der Waals surface area contributed by atoms with Gasteiger partial charge in [-0.3, -0.25) is 4.68 Å². The Morgan fingerprint density at radius 1 is 1.77 bits per heavy atom. The highest BCUT2D eigenvalue weighted by Crippen LogP contribution is 2.01. The van der Waals surface area contributed by atoms with Crippen LogP contribution in [0.4, 0.5) is 0 Å². The molecule has 0 aliphatic carbocycles. The molecule has 1 rings (SSSR count). The number of aromatic nitrogens is 2. The number of rotatable bonds is 1. The summed E-state index contributed by atoms with van der Waals surface area (Å²) in [6, 6.07) is 1.79. The minimum absolute atomic E-state index is 0.624. The van der Waals surface area contributed by atoms with E-state index in [1.165, 1.54) is 0 Å². The third-order valence-corrected chi connectivity index (χ3v) is 1.59. The summed E-state index contributed by atoms with van der Waals surface area (Å²) in [5, 5.41) is 12.5. The average Bonchev–Trinajstić information content (AvgIpc) is 2.43. The van der Waals surface area contributed by atoms with Crippen LogP contribution in [0.2, 0.25) is 0 Å². The lowest BCUT2D eigenvalue weighted by molar-refractivity contribution is -0.130. The van der Waals surface area contributed by atoms with Gasteiger partial charge in [0.25, 0.3) is 0 Å². The molecule has 0 aromatic carbocycles. The molecule has 4 nitrogen and oxygen atoms in total. The molecule has 13 heavy (non-hydrogen) atoms. The van der Waals surface area contributed by atoms with E-state index in [0.717, 1.165) is 12.1 Å². The van der Waals surface area contributed by atoms with Crippen LogP contribution in [0, 0.1) is 11.8 Å². The molecule has 0 saturated heterocycles. The molecule has 0 saturated carbocycles. The predicted octanol–water partition coefficient (Wildman–Crippen LogP) is 0.419. The van der Waals surface area contributed by atoms with Crippen molar-refractivity contribution in [3.05, 3.63) is 17.5 Å². The Labute approximate surface area is 76.2 Å². The third-order valence-electron chi connectivity index (χ3n) is 1.59. The molecule has 4 heteroatoms. The van der Waals surface area contributed by atoms with Gasteiger partial charge in [0, 0.05) is 13.0 Å². The molecule has 0 bridgehead atoms. The Morgan fingerprint density at radius 3 is 2.92 bits per heavy atom. The van der Waals surface area contributed by atoms with Crippen molar-refractivity contribution in [2.45, 2.75) is 13.3 Å². The van der Waals surface area contributed by atoms with Crippen molar-refractivity contribution in [1.29, 1.82) is 0 Å². The highest BCUT2D eigenvalue weighted by atomic mass is 16.4. The molecular formula is C9H10N2O2. The number of carboxylic acids is 1. The molecule has 0 amide bonds. The van der Waals surface area contributed by atoms with E-state index in [1.807, 2.05) is 12.8 Å². The van der Waals surface area contributed by atoms with Gasteiger partial charge >= 0.3 is 5.97 Å². The zero-order chi connectivity index (χ0) is 9.84. The lowest BCUT2D eigenvalue weighted by atomic mass is 10.3. The maximum Gasteiger partial charge on any atom is 0.382 e. The van der Waals surface area contributed by atoms with Gasteiger partial charge in [-0.1, -0.05) is 6.92 Å². The molecule has 0 radical (unpaired) electrons. The van der Waals surface area contributed by atoms with E-state index in [9.17, 15) is 4.79 Å². The van der Waals surface area contributed by atoms with Crippen LogP contribution in [0.1, 0.15) is 18.3 Å². The molecule has 1 N–H and O–H groups in total. The van der Waals surface area contributed by atoms with Crippen LogP contribution in [0.5, 0.6) is 0 Å². The van der Waals surface area contributed by atoms with E-state index >= 15 is 0 Å². The maximum absolute atomic E-state index is 10.2. The quantitative estimate of drug-likeness (QED) is 0.634. The van der Waals surface area contributed by atoms with E-state index in [-0.39, 0.29) is 0 Å². The fraction of sp³-hybridized carbons (Fsp3) is 0.333. The first-order valence-electron chi connectivity index (χ1n) is 3.91. The molecule has 0 aliphatic heterocycles. The van der Waals surface area contributed by atoms with Crippen LogP contribution >= 0.6 is 0 Å². The first kappa shape index (κ1) is 9.33. The second-order valence-corrected chi connectivity index (χ2v) is 2.55. The first-order chi connectivity index (χ1) is 6.13. The monoisotopic (exact) mass is 178 g/mol.